The average Bonchev–Trinajstić information content (AvgIpc) is 2.87. The van der Waals surface area contributed by atoms with Crippen LogP contribution in [0.25, 0.3) is 0 Å². The van der Waals surface area contributed by atoms with Crippen LogP contribution < -0.4 is 10.6 Å². The fourth-order valence-corrected chi connectivity index (χ4v) is 3.60. The van der Waals surface area contributed by atoms with Crippen molar-refractivity contribution in [2.24, 2.45) is 0 Å². The van der Waals surface area contributed by atoms with Gasteiger partial charge < -0.3 is 20.5 Å². The van der Waals surface area contributed by atoms with Gasteiger partial charge in [0.2, 0.25) is 11.8 Å². The van der Waals surface area contributed by atoms with Crippen LogP contribution in [-0.4, -0.2) is 47.5 Å². The van der Waals surface area contributed by atoms with Crippen LogP contribution in [0.2, 0.25) is 5.02 Å². The highest BCUT2D eigenvalue weighted by Crippen LogP contribution is 2.27. The first-order valence-corrected chi connectivity index (χ1v) is 11.2. The largest absolute Gasteiger partial charge is 0.445 e. The van der Waals surface area contributed by atoms with Gasteiger partial charge in [-0.1, -0.05) is 78.3 Å². The number of carbonyl (C=O) groups is 3. The number of likely N-dealkylation sites (N-methyl/N-ethyl adjacent to an activating group) is 1. The lowest BCUT2D eigenvalue weighted by Gasteiger charge is -2.30. The summed E-state index contributed by atoms with van der Waals surface area (Å²) in [5.41, 5.74) is 1.59. The van der Waals surface area contributed by atoms with E-state index in [1.807, 2.05) is 24.3 Å². The summed E-state index contributed by atoms with van der Waals surface area (Å²) in [5, 5.41) is 16.4. The molecule has 2 atom stereocenters. The molecule has 0 aliphatic heterocycles. The monoisotopic (exact) mass is 495 g/mol. The predicted octanol–water partition coefficient (Wildman–Crippen LogP) is 3.77. The molecule has 0 saturated heterocycles. The summed E-state index contributed by atoms with van der Waals surface area (Å²) in [5.74, 6) is -1.22. The van der Waals surface area contributed by atoms with Gasteiger partial charge >= 0.3 is 6.09 Å². The standard InChI is InChI=1S/C26H26ClN3O5/c1-30(26(34)35-17-18-10-4-2-5-11-18)23(24(32)20-14-8-9-15-21(20)27)25(33)28-16-22(31)29-19-12-6-3-7-13-19/h2-15,23-24,32H,16-17H2,1H3,(H,28,33)(H,29,31). The number of para-hydroxylation sites is 1. The first kappa shape index (κ1) is 25.7. The first-order chi connectivity index (χ1) is 16.9. The van der Waals surface area contributed by atoms with Gasteiger partial charge in [-0.05, 0) is 23.8 Å². The SMILES string of the molecule is CN(C(=O)OCc1ccccc1)C(C(=O)NCC(=O)Nc1ccccc1)C(O)c1ccccc1Cl. The summed E-state index contributed by atoms with van der Waals surface area (Å²) >= 11 is 6.22. The molecule has 0 saturated carbocycles. The van der Waals surface area contributed by atoms with E-state index in [0.717, 1.165) is 10.5 Å². The molecule has 0 bridgehead atoms. The van der Waals surface area contributed by atoms with Gasteiger partial charge in [-0.2, -0.15) is 0 Å². The summed E-state index contributed by atoms with van der Waals surface area (Å²) in [6.07, 6.45) is -2.30. The molecule has 2 unspecified atom stereocenters. The summed E-state index contributed by atoms with van der Waals surface area (Å²) in [6, 6.07) is 22.8. The van der Waals surface area contributed by atoms with Crippen LogP contribution in [0, 0.1) is 0 Å². The molecule has 0 heterocycles. The van der Waals surface area contributed by atoms with Crippen molar-refractivity contribution < 1.29 is 24.2 Å². The molecule has 182 valence electrons. The minimum absolute atomic E-state index is 0.0139. The topological polar surface area (TPSA) is 108 Å². The van der Waals surface area contributed by atoms with E-state index < -0.39 is 30.1 Å². The second-order valence-electron chi connectivity index (χ2n) is 7.69. The maximum Gasteiger partial charge on any atom is 0.410 e. The summed E-state index contributed by atoms with van der Waals surface area (Å²) in [4.78, 5) is 39.1. The number of aliphatic hydroxyl groups is 1. The maximum absolute atomic E-state index is 13.1. The molecule has 0 aliphatic rings. The van der Waals surface area contributed by atoms with E-state index in [4.69, 9.17) is 16.3 Å². The highest BCUT2D eigenvalue weighted by atomic mass is 35.5. The van der Waals surface area contributed by atoms with Crippen molar-refractivity contribution >= 4 is 35.2 Å². The molecular formula is C26H26ClN3O5. The van der Waals surface area contributed by atoms with E-state index >= 15 is 0 Å². The van der Waals surface area contributed by atoms with E-state index in [-0.39, 0.29) is 23.7 Å². The van der Waals surface area contributed by atoms with Gasteiger partial charge in [-0.25, -0.2) is 4.79 Å². The average molecular weight is 496 g/mol. The van der Waals surface area contributed by atoms with E-state index in [1.54, 1.807) is 60.7 Å². The number of nitrogens with one attached hydrogen (secondary N) is 2. The van der Waals surface area contributed by atoms with Gasteiger partial charge in [0.25, 0.3) is 0 Å². The zero-order valence-electron chi connectivity index (χ0n) is 19.1. The first-order valence-electron chi connectivity index (χ1n) is 10.9. The van der Waals surface area contributed by atoms with Gasteiger partial charge in [0, 0.05) is 23.3 Å². The van der Waals surface area contributed by atoms with Crippen LogP contribution in [-0.2, 0) is 20.9 Å². The molecule has 0 spiro atoms. The lowest BCUT2D eigenvalue weighted by molar-refractivity contribution is -0.131. The molecule has 8 nitrogen and oxygen atoms in total. The highest BCUT2D eigenvalue weighted by molar-refractivity contribution is 6.31. The molecule has 3 amide bonds. The van der Waals surface area contributed by atoms with Gasteiger partial charge in [-0.15, -0.1) is 0 Å². The number of benzene rings is 3. The Kier molecular flexibility index (Phi) is 9.23. The molecule has 35 heavy (non-hydrogen) atoms. The fraction of sp³-hybridized carbons (Fsp3) is 0.192. The molecule has 0 fully saturated rings. The second kappa shape index (κ2) is 12.5. The minimum Gasteiger partial charge on any atom is -0.445 e. The smallest absolute Gasteiger partial charge is 0.410 e. The summed E-state index contributed by atoms with van der Waals surface area (Å²) < 4.78 is 5.33. The van der Waals surface area contributed by atoms with Crippen LogP contribution >= 0.6 is 11.6 Å². The Morgan fingerprint density at radius 1 is 0.943 bits per heavy atom. The summed E-state index contributed by atoms with van der Waals surface area (Å²) in [6.45, 7) is -0.383. The molecular weight excluding hydrogens is 470 g/mol. The number of carbonyl (C=O) groups excluding carboxylic acids is 3. The molecule has 3 N–H and O–H groups in total. The van der Waals surface area contributed by atoms with Crippen molar-refractivity contribution in [3.05, 3.63) is 101 Å². The number of aliphatic hydroxyl groups excluding tert-OH is 1. The molecule has 3 rings (SSSR count). The Balaban J connectivity index is 1.72. The molecule has 3 aromatic carbocycles. The number of ether oxygens (including phenoxy) is 1. The maximum atomic E-state index is 13.1. The zero-order valence-corrected chi connectivity index (χ0v) is 19.8. The van der Waals surface area contributed by atoms with Crippen molar-refractivity contribution in [3.63, 3.8) is 0 Å². The normalized spacial score (nSPS) is 12.2. The number of amides is 3. The van der Waals surface area contributed by atoms with Gasteiger partial charge in [0.15, 0.2) is 0 Å². The van der Waals surface area contributed by atoms with Gasteiger partial charge in [0.1, 0.15) is 18.8 Å². The molecule has 9 heteroatoms. The lowest BCUT2D eigenvalue weighted by Crippen LogP contribution is -2.52. The third-order valence-corrected chi connectivity index (χ3v) is 5.53. The van der Waals surface area contributed by atoms with Crippen molar-refractivity contribution in [1.82, 2.24) is 10.2 Å². The van der Waals surface area contributed by atoms with Crippen molar-refractivity contribution in [2.45, 2.75) is 18.8 Å². The van der Waals surface area contributed by atoms with Crippen LogP contribution in [0.15, 0.2) is 84.9 Å². The highest BCUT2D eigenvalue weighted by Gasteiger charge is 2.36. The third-order valence-electron chi connectivity index (χ3n) is 5.18. The van der Waals surface area contributed by atoms with Gasteiger partial charge in [-0.3, -0.25) is 14.5 Å². The Hall–Kier alpha value is -3.88. The molecule has 0 radical (unpaired) electrons. The molecule has 0 aliphatic carbocycles. The number of hydrogen-bond acceptors (Lipinski definition) is 5. The van der Waals surface area contributed by atoms with E-state index in [0.29, 0.717) is 5.69 Å². The van der Waals surface area contributed by atoms with Gasteiger partial charge in [0.05, 0.1) is 6.54 Å². The van der Waals surface area contributed by atoms with Crippen LogP contribution in [0.4, 0.5) is 10.5 Å². The summed E-state index contributed by atoms with van der Waals surface area (Å²) in [7, 11) is 1.33. The minimum atomic E-state index is -1.48. The Bertz CT molecular complexity index is 1140. The molecule has 3 aromatic rings. The fourth-order valence-electron chi connectivity index (χ4n) is 3.35. The lowest BCUT2D eigenvalue weighted by atomic mass is 10.0. The number of anilines is 1. The number of halogens is 1. The third kappa shape index (κ3) is 7.30. The van der Waals surface area contributed by atoms with Crippen LogP contribution in [0.5, 0.6) is 0 Å². The Morgan fingerprint density at radius 2 is 1.54 bits per heavy atom. The van der Waals surface area contributed by atoms with Crippen molar-refractivity contribution in [1.29, 1.82) is 0 Å². The van der Waals surface area contributed by atoms with Crippen LogP contribution in [0.3, 0.4) is 0 Å². The van der Waals surface area contributed by atoms with Crippen molar-refractivity contribution in [2.75, 3.05) is 18.9 Å². The Morgan fingerprint density at radius 3 is 2.20 bits per heavy atom. The number of nitrogens with zero attached hydrogens (tertiary/aromatic N) is 1. The quantitative estimate of drug-likeness (QED) is 0.419. The number of rotatable bonds is 9. The Labute approximate surface area is 208 Å². The second-order valence-corrected chi connectivity index (χ2v) is 8.10. The molecule has 0 aromatic heterocycles. The van der Waals surface area contributed by atoms with E-state index in [9.17, 15) is 19.5 Å². The van der Waals surface area contributed by atoms with E-state index in [1.165, 1.54) is 7.05 Å². The van der Waals surface area contributed by atoms with E-state index in [2.05, 4.69) is 10.6 Å². The van der Waals surface area contributed by atoms with Crippen molar-refractivity contribution in [3.8, 4) is 0 Å². The number of hydrogen-bond donors (Lipinski definition) is 3. The zero-order chi connectivity index (χ0) is 25.2. The van der Waals surface area contributed by atoms with Crippen LogP contribution in [0.1, 0.15) is 17.2 Å². The predicted molar refractivity (Wildman–Crippen MR) is 133 cm³/mol.